The molecule has 6 saturated carbocycles. The molecule has 1 aromatic heterocycles. The van der Waals surface area contributed by atoms with Crippen LogP contribution in [0.2, 0.25) is 0 Å². The average Bonchev–Trinajstić information content (AvgIpc) is 3.45. The molecule has 6 fully saturated rings. The number of allylic oxidation sites excluding steroid dienone is 2. The lowest BCUT2D eigenvalue weighted by atomic mass is 9.33. The number of carbonyl (C=O) groups excluding carboxylic acids is 3. The number of ketones is 1. The van der Waals surface area contributed by atoms with E-state index >= 15 is 0 Å². The van der Waals surface area contributed by atoms with Crippen molar-refractivity contribution in [2.45, 2.75) is 159 Å². The first-order chi connectivity index (χ1) is 25.1. The topological polar surface area (TPSA) is 136 Å². The Bertz CT molecular complexity index is 1840. The molecule has 0 aliphatic heterocycles. The van der Waals surface area contributed by atoms with E-state index in [1.807, 2.05) is 27.7 Å². The van der Waals surface area contributed by atoms with Gasteiger partial charge in [0.2, 0.25) is 5.91 Å². The van der Waals surface area contributed by atoms with Crippen LogP contribution >= 0.6 is 0 Å². The Morgan fingerprint density at radius 1 is 0.907 bits per heavy atom. The first-order valence-electron chi connectivity index (χ1n) is 21.0. The van der Waals surface area contributed by atoms with Crippen molar-refractivity contribution in [2.75, 3.05) is 0 Å². The molecule has 0 saturated heterocycles. The lowest BCUT2D eigenvalue weighted by Gasteiger charge is -2.71. The number of rotatable bonds is 8. The number of hydrogen-bond acceptors (Lipinski definition) is 7. The largest absolute Gasteiger partial charge is 0.481 e. The van der Waals surface area contributed by atoms with E-state index in [-0.39, 0.29) is 68.6 Å². The predicted molar refractivity (Wildman–Crippen MR) is 203 cm³/mol. The van der Waals surface area contributed by atoms with Crippen molar-refractivity contribution in [3.63, 3.8) is 0 Å². The molecule has 8 rings (SSSR count). The molecule has 0 aromatic carbocycles. The molecule has 1 unspecified atom stereocenters. The van der Waals surface area contributed by atoms with Crippen LogP contribution in [0.5, 0.6) is 0 Å². The van der Waals surface area contributed by atoms with E-state index < -0.39 is 22.7 Å². The van der Waals surface area contributed by atoms with Gasteiger partial charge >= 0.3 is 11.9 Å². The second-order valence-electron chi connectivity index (χ2n) is 21.2. The van der Waals surface area contributed by atoms with Crippen molar-refractivity contribution >= 4 is 23.6 Å². The normalized spacial score (nSPS) is 44.3. The van der Waals surface area contributed by atoms with Gasteiger partial charge < -0.3 is 19.7 Å². The fourth-order valence-electron chi connectivity index (χ4n) is 15.2. The lowest BCUT2D eigenvalue weighted by molar-refractivity contribution is -0.221. The maximum atomic E-state index is 14.0. The average molecular weight is 745 g/mol. The summed E-state index contributed by atoms with van der Waals surface area (Å²) in [5, 5.41) is 16.9. The summed E-state index contributed by atoms with van der Waals surface area (Å²) in [5.41, 5.74) is 3.26. The van der Waals surface area contributed by atoms with Gasteiger partial charge in [0.1, 0.15) is 11.9 Å². The number of Topliss-reactive ketones (excluding diaryl/α,β-unsaturated/α-hetero) is 1. The Balaban J connectivity index is 1.04. The fourth-order valence-corrected chi connectivity index (χ4v) is 15.2. The monoisotopic (exact) mass is 744 g/mol. The van der Waals surface area contributed by atoms with Gasteiger partial charge in [0.05, 0.1) is 17.5 Å². The standard InChI is InChI=1S/C45H64N2O7/c1-24(2)35-31(48)20-44(21-34(49)46-22-27-25(3)47-54-26(27)4)17-15-40(7)28(36(35)44)11-12-32-41(40,8)16-18-45-23-43(45,10)33(13-14-42(32,45)9)53-38(52)30-19-29(37(50)51)39(30,5)6/h24,28-30,32-33H,11-23H2,1-10H3,(H,46,49)(H,50,51)/t28-,29+,30-,32+,33+,40-,41-,42?,43-,44+,45+/m1/s1. The summed E-state index contributed by atoms with van der Waals surface area (Å²) in [6.45, 7) is 22.3. The van der Waals surface area contributed by atoms with Crippen molar-refractivity contribution in [1.29, 1.82) is 0 Å². The smallest absolute Gasteiger partial charge is 0.309 e. The van der Waals surface area contributed by atoms with Gasteiger partial charge in [-0.25, -0.2) is 0 Å². The highest BCUT2D eigenvalue weighted by atomic mass is 16.5. The summed E-state index contributed by atoms with van der Waals surface area (Å²) >= 11 is 0. The number of carboxylic acids is 1. The summed E-state index contributed by atoms with van der Waals surface area (Å²) < 4.78 is 11.8. The van der Waals surface area contributed by atoms with E-state index in [4.69, 9.17) is 9.26 Å². The molecule has 1 spiro atoms. The molecule has 9 heteroatoms. The van der Waals surface area contributed by atoms with E-state index in [9.17, 15) is 24.3 Å². The third kappa shape index (κ3) is 4.71. The molecule has 9 nitrogen and oxygen atoms in total. The number of aliphatic carboxylic acids is 1. The zero-order chi connectivity index (χ0) is 39.2. The van der Waals surface area contributed by atoms with Gasteiger partial charge in [0.25, 0.3) is 0 Å². The number of aryl methyl sites for hydroxylation is 2. The summed E-state index contributed by atoms with van der Waals surface area (Å²) in [5.74, 6) is -0.0279. The van der Waals surface area contributed by atoms with Crippen molar-refractivity contribution in [3.8, 4) is 0 Å². The van der Waals surface area contributed by atoms with Crippen molar-refractivity contribution < 1.29 is 33.5 Å². The van der Waals surface area contributed by atoms with E-state index in [0.717, 1.165) is 80.4 Å². The van der Waals surface area contributed by atoms with Crippen LogP contribution in [0, 0.1) is 81.3 Å². The van der Waals surface area contributed by atoms with E-state index in [2.05, 4.69) is 52.0 Å². The number of nitrogens with zero attached hydrogens (tertiary/aromatic N) is 1. The van der Waals surface area contributed by atoms with Crippen LogP contribution in [0.4, 0.5) is 0 Å². The highest BCUT2D eigenvalue weighted by Crippen LogP contribution is 2.87. The molecule has 0 radical (unpaired) electrons. The summed E-state index contributed by atoms with van der Waals surface area (Å²) in [6.07, 6.45) is 10.2. The summed E-state index contributed by atoms with van der Waals surface area (Å²) in [7, 11) is 0. The number of ether oxygens (including phenoxy) is 1. The number of nitrogens with one attached hydrogen (secondary N) is 1. The summed E-state index contributed by atoms with van der Waals surface area (Å²) in [4.78, 5) is 53.3. The molecule has 1 amide bonds. The van der Waals surface area contributed by atoms with Crippen LogP contribution < -0.4 is 5.32 Å². The van der Waals surface area contributed by atoms with E-state index in [0.29, 0.717) is 31.7 Å². The number of esters is 1. The van der Waals surface area contributed by atoms with E-state index in [1.165, 1.54) is 5.57 Å². The Morgan fingerprint density at radius 2 is 1.61 bits per heavy atom. The second kappa shape index (κ2) is 11.8. The predicted octanol–water partition coefficient (Wildman–Crippen LogP) is 8.69. The molecule has 1 heterocycles. The first kappa shape index (κ1) is 37.9. The minimum absolute atomic E-state index is 0.00237. The number of hydrogen-bond donors (Lipinski definition) is 2. The molecular formula is C45H64N2O7. The molecular weight excluding hydrogens is 681 g/mol. The molecule has 54 heavy (non-hydrogen) atoms. The minimum atomic E-state index is -0.825. The number of carboxylic acid groups (broad SMARTS) is 1. The molecule has 11 atom stereocenters. The lowest BCUT2D eigenvalue weighted by Crippen LogP contribution is -2.64. The number of carbonyl (C=O) groups is 4. The molecule has 2 N–H and O–H groups in total. The molecule has 0 bridgehead atoms. The van der Waals surface area contributed by atoms with Gasteiger partial charge in [-0.1, -0.05) is 66.1 Å². The van der Waals surface area contributed by atoms with Crippen LogP contribution in [0.15, 0.2) is 15.7 Å². The van der Waals surface area contributed by atoms with Gasteiger partial charge in [-0.15, -0.1) is 0 Å². The van der Waals surface area contributed by atoms with Crippen LogP contribution in [0.3, 0.4) is 0 Å². The van der Waals surface area contributed by atoms with Gasteiger partial charge in [-0.3, -0.25) is 19.2 Å². The first-order valence-corrected chi connectivity index (χ1v) is 21.0. The number of fused-ring (bicyclic) bond motifs is 6. The Kier molecular flexibility index (Phi) is 8.28. The zero-order valence-corrected chi connectivity index (χ0v) is 34.5. The van der Waals surface area contributed by atoms with Crippen molar-refractivity contribution in [1.82, 2.24) is 10.5 Å². The fraction of sp³-hybridized carbons (Fsp3) is 0.800. The number of amides is 1. The van der Waals surface area contributed by atoms with Gasteiger partial charge in [0, 0.05) is 35.8 Å². The summed E-state index contributed by atoms with van der Waals surface area (Å²) in [6, 6.07) is 0. The van der Waals surface area contributed by atoms with Gasteiger partial charge in [0.15, 0.2) is 5.78 Å². The highest BCUT2D eigenvalue weighted by molar-refractivity contribution is 6.01. The minimum Gasteiger partial charge on any atom is -0.481 e. The molecule has 7 aliphatic carbocycles. The Labute approximate surface area is 321 Å². The van der Waals surface area contributed by atoms with E-state index in [1.54, 1.807) is 0 Å². The van der Waals surface area contributed by atoms with Crippen molar-refractivity contribution in [3.05, 3.63) is 28.2 Å². The quantitative estimate of drug-likeness (QED) is 0.253. The molecule has 1 aromatic rings. The third-order valence-corrected chi connectivity index (χ3v) is 18.8. The SMILES string of the molecule is Cc1noc(C)c1CNC(=O)C[C@@]12CC[C@]3(C)[C@H](CC[C@@H]4C5(C)CC[C@H](OC(=O)[C@H]6C[C@@H](C(=O)O)C6(C)C)[C@@]6(C)C[C@@]56CC[C@]43C)C1=C(C(C)C)C(=O)C2. The maximum absolute atomic E-state index is 14.0. The van der Waals surface area contributed by atoms with Crippen LogP contribution in [-0.2, 0) is 30.5 Å². The van der Waals surface area contributed by atoms with Crippen molar-refractivity contribution in [2.24, 2.45) is 67.5 Å². The maximum Gasteiger partial charge on any atom is 0.309 e. The van der Waals surface area contributed by atoms with Gasteiger partial charge in [-0.2, -0.15) is 0 Å². The zero-order valence-electron chi connectivity index (χ0n) is 34.5. The van der Waals surface area contributed by atoms with Crippen LogP contribution in [-0.4, -0.2) is 40.0 Å². The Morgan fingerprint density at radius 3 is 2.24 bits per heavy atom. The van der Waals surface area contributed by atoms with Crippen LogP contribution in [0.1, 0.15) is 149 Å². The Hall–Kier alpha value is -2.97. The third-order valence-electron chi connectivity index (χ3n) is 18.8. The highest BCUT2D eigenvalue weighted by Gasteiger charge is 2.82. The van der Waals surface area contributed by atoms with Crippen LogP contribution in [0.25, 0.3) is 0 Å². The van der Waals surface area contributed by atoms with Gasteiger partial charge in [-0.05, 0) is 128 Å². The molecule has 296 valence electrons. The number of aromatic nitrogens is 1. The second-order valence-corrected chi connectivity index (χ2v) is 21.2. The molecule has 7 aliphatic rings.